The van der Waals surface area contributed by atoms with E-state index in [0.717, 1.165) is 16.8 Å². The minimum atomic E-state index is 0.241. The van der Waals surface area contributed by atoms with Crippen molar-refractivity contribution in [3.63, 3.8) is 0 Å². The number of phenols is 1. The summed E-state index contributed by atoms with van der Waals surface area (Å²) < 4.78 is 0. The van der Waals surface area contributed by atoms with E-state index in [9.17, 15) is 5.11 Å². The number of pyridine rings is 1. The van der Waals surface area contributed by atoms with Gasteiger partial charge < -0.3 is 5.11 Å². The van der Waals surface area contributed by atoms with E-state index < -0.39 is 0 Å². The lowest BCUT2D eigenvalue weighted by Gasteiger charge is -2.07. The maximum absolute atomic E-state index is 9.74. The highest BCUT2D eigenvalue weighted by molar-refractivity contribution is 6.30. The van der Waals surface area contributed by atoms with Crippen LogP contribution in [0.25, 0.3) is 11.3 Å². The maximum Gasteiger partial charge on any atom is 0.125 e. The molecule has 1 N–H and O–H groups in total. The average molecular weight is 220 g/mol. The summed E-state index contributed by atoms with van der Waals surface area (Å²) >= 11 is 5.75. The predicted molar refractivity (Wildman–Crippen MR) is 61.1 cm³/mol. The molecule has 1 aromatic carbocycles. The normalized spacial score (nSPS) is 10.3. The highest BCUT2D eigenvalue weighted by Gasteiger charge is 2.07. The fourth-order valence-corrected chi connectivity index (χ4v) is 1.62. The quantitative estimate of drug-likeness (QED) is 0.797. The van der Waals surface area contributed by atoms with Gasteiger partial charge in [0.2, 0.25) is 0 Å². The first-order valence-electron chi connectivity index (χ1n) is 4.59. The third-order valence-electron chi connectivity index (χ3n) is 2.23. The van der Waals surface area contributed by atoms with Crippen molar-refractivity contribution in [2.45, 2.75) is 6.92 Å². The highest BCUT2D eigenvalue weighted by Crippen LogP contribution is 2.30. The van der Waals surface area contributed by atoms with Crippen molar-refractivity contribution in [1.82, 2.24) is 4.98 Å². The van der Waals surface area contributed by atoms with Crippen molar-refractivity contribution in [3.05, 3.63) is 47.1 Å². The van der Waals surface area contributed by atoms with Gasteiger partial charge in [0.05, 0.1) is 10.7 Å². The molecule has 0 aliphatic carbocycles. The highest BCUT2D eigenvalue weighted by atomic mass is 35.5. The third-order valence-corrected chi connectivity index (χ3v) is 2.46. The van der Waals surface area contributed by atoms with Gasteiger partial charge in [-0.1, -0.05) is 23.7 Å². The van der Waals surface area contributed by atoms with Crippen molar-refractivity contribution in [3.8, 4) is 17.0 Å². The lowest BCUT2D eigenvalue weighted by atomic mass is 10.0. The van der Waals surface area contributed by atoms with Gasteiger partial charge in [0, 0.05) is 11.8 Å². The summed E-state index contributed by atoms with van der Waals surface area (Å²) in [6, 6.07) is 8.95. The van der Waals surface area contributed by atoms with Crippen LogP contribution in [0.2, 0.25) is 5.02 Å². The Bertz CT molecular complexity index is 459. The van der Waals surface area contributed by atoms with Crippen molar-refractivity contribution in [1.29, 1.82) is 0 Å². The first-order valence-corrected chi connectivity index (χ1v) is 4.97. The molecule has 0 saturated heterocycles. The summed E-state index contributed by atoms with van der Waals surface area (Å²) in [6.07, 6.45) is 1.57. The lowest BCUT2D eigenvalue weighted by Crippen LogP contribution is -1.87. The zero-order valence-corrected chi connectivity index (χ0v) is 8.99. The maximum atomic E-state index is 9.74. The Morgan fingerprint density at radius 3 is 2.60 bits per heavy atom. The van der Waals surface area contributed by atoms with Crippen LogP contribution in [0.15, 0.2) is 36.5 Å². The van der Waals surface area contributed by atoms with E-state index in [2.05, 4.69) is 4.98 Å². The van der Waals surface area contributed by atoms with Gasteiger partial charge in [0.1, 0.15) is 5.75 Å². The average Bonchev–Trinajstić information content (AvgIpc) is 2.20. The monoisotopic (exact) mass is 219 g/mol. The van der Waals surface area contributed by atoms with Gasteiger partial charge in [0.25, 0.3) is 0 Å². The molecule has 0 fully saturated rings. The van der Waals surface area contributed by atoms with Gasteiger partial charge in [-0.3, -0.25) is 4.98 Å². The minimum absolute atomic E-state index is 0.241. The Kier molecular flexibility index (Phi) is 2.60. The molecule has 76 valence electrons. The molecule has 2 nitrogen and oxygen atoms in total. The molecule has 2 aromatic rings. The number of phenolic OH excluding ortho intramolecular Hbond substituents is 1. The first kappa shape index (κ1) is 9.99. The van der Waals surface area contributed by atoms with E-state index in [1.54, 1.807) is 24.4 Å². The standard InChI is InChI=1S/C12H10ClNO/c1-8-3-2-4-11(15)12(8)10-6-5-9(13)7-14-10/h2-7,15H,1H3. The summed E-state index contributed by atoms with van der Waals surface area (Å²) in [5.74, 6) is 0.241. The number of hydrogen-bond donors (Lipinski definition) is 1. The lowest BCUT2D eigenvalue weighted by molar-refractivity contribution is 0.477. The number of nitrogens with zero attached hydrogens (tertiary/aromatic N) is 1. The molecular weight excluding hydrogens is 210 g/mol. The number of aromatic hydroxyl groups is 1. The zero-order chi connectivity index (χ0) is 10.8. The fourth-order valence-electron chi connectivity index (χ4n) is 1.51. The molecule has 15 heavy (non-hydrogen) atoms. The largest absolute Gasteiger partial charge is 0.507 e. The Balaban J connectivity index is 2.58. The molecule has 0 aliphatic rings. The second-order valence-corrected chi connectivity index (χ2v) is 3.77. The summed E-state index contributed by atoms with van der Waals surface area (Å²) in [4.78, 5) is 4.18. The van der Waals surface area contributed by atoms with Crippen molar-refractivity contribution in [2.75, 3.05) is 0 Å². The van der Waals surface area contributed by atoms with Crippen LogP contribution in [-0.4, -0.2) is 10.1 Å². The molecule has 0 aliphatic heterocycles. The van der Waals surface area contributed by atoms with E-state index >= 15 is 0 Å². The van der Waals surface area contributed by atoms with Crippen LogP contribution in [-0.2, 0) is 0 Å². The molecule has 1 heterocycles. The predicted octanol–water partition coefficient (Wildman–Crippen LogP) is 3.42. The smallest absolute Gasteiger partial charge is 0.125 e. The second-order valence-electron chi connectivity index (χ2n) is 3.33. The van der Waals surface area contributed by atoms with Crippen LogP contribution in [0.4, 0.5) is 0 Å². The second kappa shape index (κ2) is 3.91. The SMILES string of the molecule is Cc1cccc(O)c1-c1ccc(Cl)cn1. The van der Waals surface area contributed by atoms with E-state index in [1.807, 2.05) is 19.1 Å². The van der Waals surface area contributed by atoms with Crippen LogP contribution < -0.4 is 0 Å². The van der Waals surface area contributed by atoms with Gasteiger partial charge >= 0.3 is 0 Å². The number of aromatic nitrogens is 1. The number of halogens is 1. The summed E-state index contributed by atoms with van der Waals surface area (Å²) in [6.45, 7) is 1.94. The summed E-state index contributed by atoms with van der Waals surface area (Å²) in [5.41, 5.74) is 2.48. The Morgan fingerprint density at radius 2 is 2.00 bits per heavy atom. The molecule has 3 heteroatoms. The van der Waals surface area contributed by atoms with Gasteiger partial charge in [0.15, 0.2) is 0 Å². The Morgan fingerprint density at radius 1 is 1.20 bits per heavy atom. The fraction of sp³-hybridized carbons (Fsp3) is 0.0833. The van der Waals surface area contributed by atoms with Crippen LogP contribution in [0.1, 0.15) is 5.56 Å². The number of aryl methyl sites for hydroxylation is 1. The molecule has 0 atom stereocenters. The molecule has 0 radical (unpaired) electrons. The van der Waals surface area contributed by atoms with Gasteiger partial charge in [-0.15, -0.1) is 0 Å². The number of benzene rings is 1. The third kappa shape index (κ3) is 1.95. The summed E-state index contributed by atoms with van der Waals surface area (Å²) in [7, 11) is 0. The van der Waals surface area contributed by atoms with E-state index in [1.165, 1.54) is 0 Å². The molecular formula is C12H10ClNO. The summed E-state index contributed by atoms with van der Waals surface area (Å²) in [5, 5.41) is 10.3. The molecule has 0 spiro atoms. The molecule has 2 rings (SSSR count). The van der Waals surface area contributed by atoms with Crippen molar-refractivity contribution >= 4 is 11.6 Å². The minimum Gasteiger partial charge on any atom is -0.507 e. The number of hydrogen-bond acceptors (Lipinski definition) is 2. The van der Waals surface area contributed by atoms with Crippen LogP contribution in [0.3, 0.4) is 0 Å². The van der Waals surface area contributed by atoms with Gasteiger partial charge in [-0.05, 0) is 30.7 Å². The Hall–Kier alpha value is -1.54. The first-order chi connectivity index (χ1) is 7.18. The topological polar surface area (TPSA) is 33.1 Å². The molecule has 1 aromatic heterocycles. The zero-order valence-electron chi connectivity index (χ0n) is 8.24. The molecule has 0 amide bonds. The van der Waals surface area contributed by atoms with E-state index in [-0.39, 0.29) is 5.75 Å². The number of rotatable bonds is 1. The molecule has 0 unspecified atom stereocenters. The van der Waals surface area contributed by atoms with E-state index in [0.29, 0.717) is 5.02 Å². The van der Waals surface area contributed by atoms with Gasteiger partial charge in [-0.2, -0.15) is 0 Å². The molecule has 0 saturated carbocycles. The van der Waals surface area contributed by atoms with Crippen molar-refractivity contribution < 1.29 is 5.11 Å². The van der Waals surface area contributed by atoms with Crippen LogP contribution in [0, 0.1) is 6.92 Å². The van der Waals surface area contributed by atoms with E-state index in [4.69, 9.17) is 11.6 Å². The Labute approximate surface area is 93.2 Å². The van der Waals surface area contributed by atoms with Gasteiger partial charge in [-0.25, -0.2) is 0 Å². The van der Waals surface area contributed by atoms with Crippen LogP contribution >= 0.6 is 11.6 Å². The van der Waals surface area contributed by atoms with Crippen molar-refractivity contribution in [2.24, 2.45) is 0 Å². The molecule has 0 bridgehead atoms. The van der Waals surface area contributed by atoms with Crippen LogP contribution in [0.5, 0.6) is 5.75 Å².